The number of hydrogen-bond donors (Lipinski definition) is 3. The average Bonchev–Trinajstić information content (AvgIpc) is 3.32. The molecule has 11 nitrogen and oxygen atoms in total. The van der Waals surface area contributed by atoms with E-state index in [9.17, 15) is 14.0 Å². The van der Waals surface area contributed by atoms with Gasteiger partial charge < -0.3 is 28.8 Å². The van der Waals surface area contributed by atoms with Crippen molar-refractivity contribution in [3.8, 4) is 0 Å². The molecule has 3 N–H and O–H groups in total. The van der Waals surface area contributed by atoms with Gasteiger partial charge in [-0.05, 0) is 12.8 Å². The van der Waals surface area contributed by atoms with Gasteiger partial charge in [-0.3, -0.25) is 9.13 Å². The van der Waals surface area contributed by atoms with E-state index in [2.05, 4.69) is 15.0 Å². The van der Waals surface area contributed by atoms with E-state index in [1.165, 1.54) is 17.8 Å². The lowest BCUT2D eigenvalue weighted by atomic mass is 10.1. The second-order valence-corrected chi connectivity index (χ2v) is 11.6. The number of aromatic nitrogens is 3. The molecule has 0 aliphatic carbocycles. The van der Waals surface area contributed by atoms with Crippen molar-refractivity contribution >= 4 is 38.1 Å². The minimum Gasteiger partial charge on any atom is -0.379 e. The summed E-state index contributed by atoms with van der Waals surface area (Å²) in [4.78, 5) is 33.7. The van der Waals surface area contributed by atoms with Crippen LogP contribution >= 0.6 is 26.8 Å². The molecule has 1 saturated heterocycles. The Morgan fingerprint density at radius 2 is 1.97 bits per heavy atom. The molecule has 2 aromatic heterocycles. The van der Waals surface area contributed by atoms with E-state index in [-0.39, 0.29) is 17.3 Å². The SMILES string of the molecule is CO[C@H](COP(=O)(O)CP(=O)(O)O)C[C@H](F)c1cnc2c(N3CCCC3)cc(Cl)nn12. The Hall–Kier alpha value is -1.10. The van der Waals surface area contributed by atoms with E-state index >= 15 is 4.39 Å². The average molecular weight is 501 g/mol. The van der Waals surface area contributed by atoms with Gasteiger partial charge in [0.1, 0.15) is 6.17 Å². The van der Waals surface area contributed by atoms with Gasteiger partial charge in [0.05, 0.1) is 30.3 Å². The summed E-state index contributed by atoms with van der Waals surface area (Å²) in [7, 11) is -8.06. The van der Waals surface area contributed by atoms with E-state index < -0.39 is 40.0 Å². The van der Waals surface area contributed by atoms with Gasteiger partial charge in [0.15, 0.2) is 16.7 Å². The number of hydrogen-bond acceptors (Lipinski definition) is 7. The number of methoxy groups -OCH3 is 1. The molecule has 174 valence electrons. The first-order valence-electron chi connectivity index (χ1n) is 9.46. The number of ether oxygens (including phenoxy) is 1. The number of rotatable bonds is 10. The van der Waals surface area contributed by atoms with Crippen LogP contribution in [0.4, 0.5) is 10.1 Å². The van der Waals surface area contributed by atoms with Gasteiger partial charge in [-0.15, -0.1) is 0 Å². The van der Waals surface area contributed by atoms with Gasteiger partial charge >= 0.3 is 15.2 Å². The summed E-state index contributed by atoms with van der Waals surface area (Å²) in [6.07, 6.45) is 0.570. The minimum absolute atomic E-state index is 0.127. The third-order valence-electron chi connectivity index (χ3n) is 4.84. The molecule has 1 fully saturated rings. The van der Waals surface area contributed by atoms with E-state index in [1.54, 1.807) is 6.07 Å². The first-order valence-corrected chi connectivity index (χ1v) is 13.4. The van der Waals surface area contributed by atoms with Crippen molar-refractivity contribution in [2.24, 2.45) is 0 Å². The maximum absolute atomic E-state index is 15.1. The Labute approximate surface area is 182 Å². The molecule has 1 aliphatic heterocycles. The zero-order valence-electron chi connectivity index (χ0n) is 16.7. The molecule has 15 heteroatoms. The first kappa shape index (κ1) is 24.5. The lowest BCUT2D eigenvalue weighted by Crippen LogP contribution is -2.21. The molecule has 2 aromatic rings. The van der Waals surface area contributed by atoms with Crippen molar-refractivity contribution in [3.63, 3.8) is 0 Å². The Balaban J connectivity index is 1.74. The predicted molar refractivity (Wildman–Crippen MR) is 111 cm³/mol. The summed E-state index contributed by atoms with van der Waals surface area (Å²) in [5, 5.41) is 4.34. The lowest BCUT2D eigenvalue weighted by molar-refractivity contribution is 0.0302. The molecule has 3 atom stereocenters. The quantitative estimate of drug-likeness (QED) is 0.416. The topological polar surface area (TPSA) is 147 Å². The number of fused-ring (bicyclic) bond motifs is 1. The van der Waals surface area contributed by atoms with Gasteiger partial charge in [0.25, 0.3) is 0 Å². The van der Waals surface area contributed by atoms with Crippen LogP contribution in [-0.2, 0) is 18.4 Å². The summed E-state index contributed by atoms with van der Waals surface area (Å²) in [6.45, 7) is 1.15. The maximum atomic E-state index is 15.1. The highest BCUT2D eigenvalue weighted by Gasteiger charge is 2.32. The van der Waals surface area contributed by atoms with Crippen LogP contribution in [-0.4, -0.2) is 68.1 Å². The van der Waals surface area contributed by atoms with Crippen molar-refractivity contribution in [2.45, 2.75) is 31.5 Å². The molecule has 31 heavy (non-hydrogen) atoms. The fourth-order valence-corrected chi connectivity index (χ4v) is 6.17. The molecular weight excluding hydrogens is 477 g/mol. The zero-order chi connectivity index (χ0) is 22.8. The molecule has 0 amide bonds. The Morgan fingerprint density at radius 3 is 2.58 bits per heavy atom. The van der Waals surface area contributed by atoms with Gasteiger partial charge in [0.2, 0.25) is 0 Å². The molecule has 0 radical (unpaired) electrons. The van der Waals surface area contributed by atoms with Gasteiger partial charge in [-0.2, -0.15) is 5.10 Å². The minimum atomic E-state index is -4.76. The van der Waals surface area contributed by atoms with E-state index in [0.717, 1.165) is 31.6 Å². The fourth-order valence-electron chi connectivity index (χ4n) is 3.40. The molecular formula is C16H24ClFN4O7P2. The van der Waals surface area contributed by atoms with Crippen molar-refractivity contribution in [2.75, 3.05) is 37.6 Å². The summed E-state index contributed by atoms with van der Waals surface area (Å²) in [5.74, 6) is -1.33. The van der Waals surface area contributed by atoms with Crippen LogP contribution in [0.25, 0.3) is 5.65 Å². The highest BCUT2D eigenvalue weighted by atomic mass is 35.5. The Bertz CT molecular complexity index is 1010. The highest BCUT2D eigenvalue weighted by Crippen LogP contribution is 2.55. The molecule has 0 spiro atoms. The molecule has 0 aromatic carbocycles. The third kappa shape index (κ3) is 6.46. The van der Waals surface area contributed by atoms with Crippen LogP contribution in [0.5, 0.6) is 0 Å². The van der Waals surface area contributed by atoms with Gasteiger partial charge in [-0.25, -0.2) is 13.9 Å². The molecule has 0 bridgehead atoms. The smallest absolute Gasteiger partial charge is 0.340 e. The second kappa shape index (κ2) is 9.80. The van der Waals surface area contributed by atoms with Crippen LogP contribution in [0.2, 0.25) is 5.15 Å². The molecule has 1 unspecified atom stereocenters. The monoisotopic (exact) mass is 500 g/mol. The second-order valence-electron chi connectivity index (χ2n) is 7.27. The van der Waals surface area contributed by atoms with Crippen LogP contribution in [0.1, 0.15) is 31.1 Å². The van der Waals surface area contributed by atoms with Crippen molar-refractivity contribution in [1.29, 1.82) is 0 Å². The standard InChI is InChI=1S/C16H24ClFN4O7P2/c1-28-11(9-29-31(26,27)10-30(23,24)25)6-12(18)14-8-19-16-13(21-4-2-3-5-21)7-15(17)20-22(14)16/h7-8,11-12H,2-6,9-10H2,1H3,(H,26,27)(H2,23,24,25)/t11-,12-/m0/s1. The summed E-state index contributed by atoms with van der Waals surface area (Å²) >= 11 is 6.15. The van der Waals surface area contributed by atoms with Crippen molar-refractivity contribution in [3.05, 3.63) is 23.1 Å². The fraction of sp³-hybridized carbons (Fsp3) is 0.625. The van der Waals surface area contributed by atoms with E-state index in [0.29, 0.717) is 5.65 Å². The van der Waals surface area contributed by atoms with Crippen molar-refractivity contribution in [1.82, 2.24) is 14.6 Å². The number of halogens is 2. The molecule has 1 aliphatic rings. The van der Waals surface area contributed by atoms with Crippen LogP contribution in [0.3, 0.4) is 0 Å². The lowest BCUT2D eigenvalue weighted by Gasteiger charge is -2.20. The first-order chi connectivity index (χ1) is 14.5. The largest absolute Gasteiger partial charge is 0.379 e. The molecule has 3 heterocycles. The van der Waals surface area contributed by atoms with Crippen LogP contribution in [0.15, 0.2) is 12.3 Å². The molecule has 0 saturated carbocycles. The van der Waals surface area contributed by atoms with Gasteiger partial charge in [0, 0.05) is 32.7 Å². The van der Waals surface area contributed by atoms with Crippen molar-refractivity contribution < 1.29 is 37.5 Å². The Kier molecular flexibility index (Phi) is 7.76. The summed E-state index contributed by atoms with van der Waals surface area (Å²) in [5.41, 5.74) is 1.36. The zero-order valence-corrected chi connectivity index (χ0v) is 19.2. The number of nitrogens with zero attached hydrogens (tertiary/aromatic N) is 4. The maximum Gasteiger partial charge on any atom is 0.340 e. The van der Waals surface area contributed by atoms with Crippen LogP contribution in [0, 0.1) is 0 Å². The van der Waals surface area contributed by atoms with E-state index in [1.807, 2.05) is 0 Å². The number of imidazole rings is 1. The van der Waals surface area contributed by atoms with Gasteiger partial charge in [-0.1, -0.05) is 11.6 Å². The Morgan fingerprint density at radius 1 is 1.29 bits per heavy atom. The highest BCUT2D eigenvalue weighted by molar-refractivity contribution is 7.70. The summed E-state index contributed by atoms with van der Waals surface area (Å²) in [6, 6.07) is 1.69. The van der Waals surface area contributed by atoms with E-state index in [4.69, 9.17) is 30.6 Å². The van der Waals surface area contributed by atoms with Crippen LogP contribution < -0.4 is 4.90 Å². The third-order valence-corrected chi connectivity index (χ3v) is 8.48. The number of alkyl halides is 1. The number of anilines is 1. The normalized spacial score (nSPS) is 19.0. The predicted octanol–water partition coefficient (Wildman–Crippen LogP) is 2.74. The summed E-state index contributed by atoms with van der Waals surface area (Å²) < 4.78 is 49.0. The molecule has 3 rings (SSSR count).